The highest BCUT2D eigenvalue weighted by molar-refractivity contribution is 7.91. The van der Waals surface area contributed by atoms with E-state index in [-0.39, 0.29) is 22.2 Å². The molecule has 0 aliphatic heterocycles. The highest BCUT2D eigenvalue weighted by atomic mass is 32.2. The third-order valence-corrected chi connectivity index (χ3v) is 6.69. The maximum absolute atomic E-state index is 13.0. The second-order valence-corrected chi connectivity index (χ2v) is 8.92. The van der Waals surface area contributed by atoms with E-state index in [9.17, 15) is 18.3 Å². The topological polar surface area (TPSA) is 111 Å². The molecular formula is C22H19N3O5S. The number of benzene rings is 2. The number of aromatic hydroxyl groups is 1. The predicted octanol–water partition coefficient (Wildman–Crippen LogP) is 2.70. The van der Waals surface area contributed by atoms with Crippen LogP contribution in [0.15, 0.2) is 75.4 Å². The van der Waals surface area contributed by atoms with Crippen molar-refractivity contribution in [2.45, 2.75) is 23.3 Å². The number of aromatic nitrogens is 3. The van der Waals surface area contributed by atoms with Crippen molar-refractivity contribution in [2.75, 3.05) is 7.11 Å². The molecule has 2 aromatic carbocycles. The summed E-state index contributed by atoms with van der Waals surface area (Å²) in [6.45, 7) is 1.79. The maximum atomic E-state index is 13.0. The molecule has 0 fully saturated rings. The van der Waals surface area contributed by atoms with Crippen LogP contribution in [0.4, 0.5) is 0 Å². The number of pyridine rings is 1. The fraction of sp³-hybridized carbons (Fsp3) is 0.136. The molecule has 1 N–H and O–H groups in total. The Morgan fingerprint density at radius 1 is 1.03 bits per heavy atom. The molecule has 0 unspecified atom stereocenters. The van der Waals surface area contributed by atoms with Crippen molar-refractivity contribution in [3.63, 3.8) is 0 Å². The zero-order valence-corrected chi connectivity index (χ0v) is 17.6. The minimum absolute atomic E-state index is 0.0415. The normalized spacial score (nSPS) is 11.5. The summed E-state index contributed by atoms with van der Waals surface area (Å²) >= 11 is 0. The van der Waals surface area contributed by atoms with Gasteiger partial charge in [0, 0.05) is 16.6 Å². The van der Waals surface area contributed by atoms with Crippen LogP contribution in [0.1, 0.15) is 11.3 Å². The van der Waals surface area contributed by atoms with E-state index < -0.39 is 15.4 Å². The Balaban J connectivity index is 1.72. The van der Waals surface area contributed by atoms with Crippen LogP contribution in [0, 0.1) is 6.92 Å². The highest BCUT2D eigenvalue weighted by Crippen LogP contribution is 2.25. The van der Waals surface area contributed by atoms with Crippen molar-refractivity contribution in [3.8, 4) is 11.6 Å². The van der Waals surface area contributed by atoms with Gasteiger partial charge in [0.05, 0.1) is 35.0 Å². The number of fused-ring (bicyclic) bond motifs is 1. The summed E-state index contributed by atoms with van der Waals surface area (Å²) in [6, 6.07) is 13.8. The lowest BCUT2D eigenvalue weighted by Crippen LogP contribution is -2.23. The molecule has 0 amide bonds. The van der Waals surface area contributed by atoms with E-state index in [4.69, 9.17) is 4.74 Å². The van der Waals surface area contributed by atoms with Crippen molar-refractivity contribution < 1.29 is 18.3 Å². The van der Waals surface area contributed by atoms with Gasteiger partial charge in [0.15, 0.2) is 0 Å². The third-order valence-electron chi connectivity index (χ3n) is 4.92. The van der Waals surface area contributed by atoms with Gasteiger partial charge in [0.25, 0.3) is 5.56 Å². The molecule has 4 aromatic rings. The molecule has 0 bridgehead atoms. The summed E-state index contributed by atoms with van der Waals surface area (Å²) in [5.41, 5.74) is 0.717. The van der Waals surface area contributed by atoms with Crippen LogP contribution < -0.4 is 10.3 Å². The van der Waals surface area contributed by atoms with Gasteiger partial charge in [-0.15, -0.1) is 0 Å². The lowest BCUT2D eigenvalue weighted by molar-refractivity contribution is 0.414. The number of hydrogen-bond donors (Lipinski definition) is 1. The SMILES string of the molecule is COc1ccc(S(=O)(=O)c2ccc3c(=O)n(Cc4ccc(C)nc4O)ncc3c2)cc1. The number of methoxy groups -OCH3 is 1. The minimum atomic E-state index is -3.77. The zero-order valence-electron chi connectivity index (χ0n) is 16.8. The lowest BCUT2D eigenvalue weighted by Gasteiger charge is -2.09. The molecule has 0 saturated carbocycles. The number of ether oxygens (including phenoxy) is 1. The molecule has 0 aliphatic rings. The number of aryl methyl sites for hydroxylation is 1. The van der Waals surface area contributed by atoms with E-state index in [1.165, 1.54) is 48.3 Å². The Labute approximate surface area is 178 Å². The average Bonchev–Trinajstić information content (AvgIpc) is 2.77. The molecule has 31 heavy (non-hydrogen) atoms. The minimum Gasteiger partial charge on any atom is -0.497 e. The van der Waals surface area contributed by atoms with Gasteiger partial charge in [0.1, 0.15) is 5.75 Å². The van der Waals surface area contributed by atoms with E-state index in [0.29, 0.717) is 27.8 Å². The second-order valence-electron chi connectivity index (χ2n) is 6.97. The van der Waals surface area contributed by atoms with Crippen molar-refractivity contribution in [1.29, 1.82) is 0 Å². The number of hydrogen-bond acceptors (Lipinski definition) is 7. The molecule has 0 spiro atoms. The lowest BCUT2D eigenvalue weighted by atomic mass is 10.2. The van der Waals surface area contributed by atoms with Crippen LogP contribution >= 0.6 is 0 Å². The van der Waals surface area contributed by atoms with Crippen LogP contribution in [-0.4, -0.2) is 35.4 Å². The fourth-order valence-electron chi connectivity index (χ4n) is 3.19. The molecule has 4 rings (SSSR count). The van der Waals surface area contributed by atoms with E-state index in [0.717, 1.165) is 0 Å². The quantitative estimate of drug-likeness (QED) is 0.511. The average molecular weight is 437 g/mol. The molecule has 0 aliphatic carbocycles. The number of rotatable bonds is 5. The molecule has 9 heteroatoms. The Kier molecular flexibility index (Phi) is 5.20. The van der Waals surface area contributed by atoms with Crippen LogP contribution in [0.2, 0.25) is 0 Å². The van der Waals surface area contributed by atoms with E-state index >= 15 is 0 Å². The standard InChI is InChI=1S/C22H19N3O5S/c1-14-3-4-15(21(26)24-14)13-25-22(27)20-10-9-19(11-16(20)12-23-25)31(28,29)18-7-5-17(30-2)6-8-18/h3-12H,13H2,1-2H3,(H,24,26). The van der Waals surface area contributed by atoms with Crippen LogP contribution in [0.3, 0.4) is 0 Å². The molecule has 0 saturated heterocycles. The number of nitrogens with zero attached hydrogens (tertiary/aromatic N) is 3. The summed E-state index contributed by atoms with van der Waals surface area (Å²) < 4.78 is 32.2. The molecule has 2 aromatic heterocycles. The molecule has 158 valence electrons. The van der Waals surface area contributed by atoms with E-state index in [1.54, 1.807) is 31.2 Å². The van der Waals surface area contributed by atoms with Crippen LogP contribution in [-0.2, 0) is 16.4 Å². The zero-order chi connectivity index (χ0) is 22.2. The molecule has 2 heterocycles. The number of sulfone groups is 1. The van der Waals surface area contributed by atoms with Gasteiger partial charge in [-0.3, -0.25) is 4.79 Å². The van der Waals surface area contributed by atoms with E-state index in [1.807, 2.05) is 0 Å². The predicted molar refractivity (Wildman–Crippen MR) is 114 cm³/mol. The molecule has 8 nitrogen and oxygen atoms in total. The van der Waals surface area contributed by atoms with Gasteiger partial charge >= 0.3 is 0 Å². The summed E-state index contributed by atoms with van der Waals surface area (Å²) in [6.07, 6.45) is 1.43. The third kappa shape index (κ3) is 3.87. The highest BCUT2D eigenvalue weighted by Gasteiger charge is 2.19. The molecular weight excluding hydrogens is 418 g/mol. The van der Waals surface area contributed by atoms with Crippen LogP contribution in [0.25, 0.3) is 10.8 Å². The summed E-state index contributed by atoms with van der Waals surface area (Å²) in [7, 11) is -2.27. The van der Waals surface area contributed by atoms with Gasteiger partial charge in [-0.1, -0.05) is 0 Å². The molecule has 0 radical (unpaired) electrons. The summed E-state index contributed by atoms with van der Waals surface area (Å²) in [5, 5.41) is 14.9. The monoisotopic (exact) mass is 437 g/mol. The Hall–Kier alpha value is -3.72. The van der Waals surface area contributed by atoms with Gasteiger partial charge in [-0.05, 0) is 61.5 Å². The van der Waals surface area contributed by atoms with Gasteiger partial charge < -0.3 is 9.84 Å². The molecule has 0 atom stereocenters. The van der Waals surface area contributed by atoms with Crippen molar-refractivity contribution in [1.82, 2.24) is 14.8 Å². The smallest absolute Gasteiger partial charge is 0.274 e. The first-order chi connectivity index (χ1) is 14.8. The first-order valence-electron chi connectivity index (χ1n) is 9.34. The van der Waals surface area contributed by atoms with Crippen molar-refractivity contribution >= 4 is 20.6 Å². The Morgan fingerprint density at radius 3 is 2.42 bits per heavy atom. The van der Waals surface area contributed by atoms with Crippen molar-refractivity contribution in [3.05, 3.63) is 82.4 Å². The van der Waals surface area contributed by atoms with Crippen molar-refractivity contribution in [2.24, 2.45) is 0 Å². The summed E-state index contributed by atoms with van der Waals surface area (Å²) in [5.74, 6) is 0.395. The van der Waals surface area contributed by atoms with Gasteiger partial charge in [-0.2, -0.15) is 5.10 Å². The summed E-state index contributed by atoms with van der Waals surface area (Å²) in [4.78, 5) is 17.0. The van der Waals surface area contributed by atoms with Gasteiger partial charge in [0.2, 0.25) is 15.7 Å². The Bertz CT molecular complexity index is 1440. The first kappa shape index (κ1) is 20.5. The second kappa shape index (κ2) is 7.84. The first-order valence-corrected chi connectivity index (χ1v) is 10.8. The largest absolute Gasteiger partial charge is 0.497 e. The Morgan fingerprint density at radius 2 is 1.74 bits per heavy atom. The van der Waals surface area contributed by atoms with Gasteiger partial charge in [-0.25, -0.2) is 18.1 Å². The maximum Gasteiger partial charge on any atom is 0.274 e. The van der Waals surface area contributed by atoms with E-state index in [2.05, 4.69) is 10.1 Å². The fourth-order valence-corrected chi connectivity index (χ4v) is 4.49. The van der Waals surface area contributed by atoms with Crippen LogP contribution in [0.5, 0.6) is 11.6 Å².